The average Bonchev–Trinajstić information content (AvgIpc) is 3.52. The van der Waals surface area contributed by atoms with Crippen LogP contribution in [0.1, 0.15) is 71.0 Å². The Morgan fingerprint density at radius 3 is 2.11 bits per heavy atom. The maximum Gasteiger partial charge on any atom is 0.417 e. The van der Waals surface area contributed by atoms with E-state index in [1.165, 1.54) is 6.07 Å². The van der Waals surface area contributed by atoms with Crippen molar-refractivity contribution in [1.82, 2.24) is 25.4 Å². The molecule has 4 heterocycles. The fourth-order valence-electron chi connectivity index (χ4n) is 7.88. The Hall–Kier alpha value is -7.60. The first-order chi connectivity index (χ1) is 30.6. The number of alkyl halides is 3. The van der Waals surface area contributed by atoms with E-state index in [-0.39, 0.29) is 42.1 Å². The second kappa shape index (κ2) is 17.6. The first-order valence-electron chi connectivity index (χ1n) is 20.4. The number of fused-ring (bicyclic) bond motifs is 1. The third-order valence-corrected chi connectivity index (χ3v) is 11.5. The molecule has 5 N–H and O–H groups in total. The van der Waals surface area contributed by atoms with Crippen LogP contribution >= 0.6 is 0 Å². The third-order valence-electron chi connectivity index (χ3n) is 11.5. The van der Waals surface area contributed by atoms with E-state index < -0.39 is 58.4 Å². The van der Waals surface area contributed by atoms with Crippen LogP contribution in [-0.4, -0.2) is 89.5 Å². The highest BCUT2D eigenvalue weighted by molar-refractivity contribution is 6.23. The molecule has 6 amide bonds. The fourth-order valence-corrected chi connectivity index (χ4v) is 7.88. The van der Waals surface area contributed by atoms with Crippen molar-refractivity contribution >= 4 is 52.5 Å². The average molecular weight is 875 g/mol. The summed E-state index contributed by atoms with van der Waals surface area (Å²) in [6, 6.07) is 23.7. The number of hydrogen-bond acceptors (Lipinski definition) is 10. The van der Waals surface area contributed by atoms with E-state index in [1.54, 1.807) is 48.5 Å². The summed E-state index contributed by atoms with van der Waals surface area (Å²) in [5, 5.41) is 11.0. The van der Waals surface area contributed by atoms with Gasteiger partial charge in [0.2, 0.25) is 17.4 Å². The second-order valence-corrected chi connectivity index (χ2v) is 15.7. The number of piperazine rings is 1. The van der Waals surface area contributed by atoms with Crippen LogP contribution in [-0.2, 0) is 28.9 Å². The van der Waals surface area contributed by atoms with Crippen molar-refractivity contribution in [2.24, 2.45) is 0 Å². The summed E-state index contributed by atoms with van der Waals surface area (Å²) in [5.41, 5.74) is 2.27. The summed E-state index contributed by atoms with van der Waals surface area (Å²) < 4.78 is 41.5. The number of H-pyrrole nitrogens is 1. The Morgan fingerprint density at radius 2 is 1.42 bits per heavy atom. The molecule has 328 valence electrons. The molecule has 8 rings (SSSR count). The summed E-state index contributed by atoms with van der Waals surface area (Å²) in [6.45, 7) is 3.35. The Bertz CT molecular complexity index is 2750. The van der Waals surface area contributed by atoms with Gasteiger partial charge in [-0.3, -0.25) is 43.8 Å². The molecule has 5 aromatic rings. The van der Waals surface area contributed by atoms with Crippen LogP contribution < -0.4 is 31.7 Å². The third kappa shape index (κ3) is 9.12. The highest BCUT2D eigenvalue weighted by Crippen LogP contribution is 2.35. The van der Waals surface area contributed by atoms with E-state index >= 15 is 0 Å². The van der Waals surface area contributed by atoms with Crippen molar-refractivity contribution in [1.29, 1.82) is 0 Å². The SMILES string of the molecule is CN1CCN(c2ccc(-c3ccc(C(=O)NCc4ccc(CNc5ccc6c(c5)C(=O)N(C5CCC(=O)NC5=O)C6=O)cc4)cc3)cc2NC(=O)c2c[nH]c(=O)cc2C(F)(F)F)CC1. The molecule has 1 unspecified atom stereocenters. The van der Waals surface area contributed by atoms with E-state index in [0.717, 1.165) is 35.3 Å². The van der Waals surface area contributed by atoms with Gasteiger partial charge >= 0.3 is 6.18 Å². The normalized spacial score (nSPS) is 16.7. The topological polar surface area (TPSA) is 193 Å². The Kier molecular flexibility index (Phi) is 11.9. The van der Waals surface area contributed by atoms with Crippen molar-refractivity contribution < 1.29 is 41.9 Å². The molecule has 3 aliphatic rings. The van der Waals surface area contributed by atoms with Crippen LogP contribution in [0.25, 0.3) is 11.1 Å². The van der Waals surface area contributed by atoms with Crippen LogP contribution in [0.15, 0.2) is 102 Å². The van der Waals surface area contributed by atoms with Gasteiger partial charge in [0, 0.05) is 69.2 Å². The van der Waals surface area contributed by atoms with Gasteiger partial charge in [-0.15, -0.1) is 0 Å². The number of amides is 6. The first kappa shape index (κ1) is 43.1. The molecular weight excluding hydrogens is 834 g/mol. The number of rotatable bonds is 11. The fraction of sp³-hybridized carbons (Fsp3) is 0.239. The van der Waals surface area contributed by atoms with Crippen LogP contribution in [0.5, 0.6) is 0 Å². The molecule has 1 aromatic heterocycles. The lowest BCUT2D eigenvalue weighted by Gasteiger charge is -2.35. The molecule has 0 bridgehead atoms. The highest BCUT2D eigenvalue weighted by Gasteiger charge is 2.44. The van der Waals surface area contributed by atoms with Gasteiger partial charge in [0.25, 0.3) is 23.6 Å². The zero-order chi connectivity index (χ0) is 45.3. The molecule has 0 radical (unpaired) electrons. The predicted molar refractivity (Wildman–Crippen MR) is 230 cm³/mol. The summed E-state index contributed by atoms with van der Waals surface area (Å²) in [4.78, 5) is 95.7. The number of hydrogen-bond donors (Lipinski definition) is 5. The van der Waals surface area contributed by atoms with E-state index in [1.807, 2.05) is 42.3 Å². The number of aromatic nitrogens is 1. The number of nitrogens with one attached hydrogen (secondary N) is 5. The van der Waals surface area contributed by atoms with Crippen molar-refractivity contribution in [3.8, 4) is 11.1 Å². The number of pyridine rings is 1. The summed E-state index contributed by atoms with van der Waals surface area (Å²) in [7, 11) is 1.99. The monoisotopic (exact) mass is 874 g/mol. The number of nitrogens with zero attached hydrogens (tertiary/aromatic N) is 3. The summed E-state index contributed by atoms with van der Waals surface area (Å²) in [5.74, 6) is -3.65. The number of anilines is 3. The molecule has 0 aliphatic carbocycles. The molecule has 2 fully saturated rings. The number of aromatic amines is 1. The van der Waals surface area contributed by atoms with Crippen LogP contribution in [0.2, 0.25) is 0 Å². The van der Waals surface area contributed by atoms with Gasteiger partial charge in [-0.2, -0.15) is 13.2 Å². The molecule has 2 saturated heterocycles. The zero-order valence-corrected chi connectivity index (χ0v) is 34.3. The molecule has 4 aromatic carbocycles. The minimum atomic E-state index is -4.93. The number of benzene rings is 4. The summed E-state index contributed by atoms with van der Waals surface area (Å²) >= 11 is 0. The maximum absolute atomic E-state index is 13.8. The number of imide groups is 2. The van der Waals surface area contributed by atoms with Gasteiger partial charge < -0.3 is 30.7 Å². The quantitative estimate of drug-likeness (QED) is 0.113. The molecule has 15 nitrogen and oxygen atoms in total. The van der Waals surface area contributed by atoms with Crippen molar-refractivity contribution in [3.63, 3.8) is 0 Å². The number of carbonyl (C=O) groups excluding carboxylic acids is 6. The molecule has 1 atom stereocenters. The standard InChI is InChI=1S/C46H41F3N8O7/c1-55-16-18-56(19-17-55)37-13-10-30(20-36(37)53-42(61)34-25-51-40(59)22-35(34)46(47,48)49)28-6-8-29(9-7-28)41(60)52-24-27-4-2-26(3-5-27)23-50-31-11-12-32-33(21-31)45(64)57(44(32)63)38-14-15-39(58)54-43(38)62/h2-13,20-22,25,38,50H,14-19,23-24H2,1H3,(H,51,59)(H,52,60)(H,53,61)(H,54,58,62). The Labute approximate surface area is 363 Å². The van der Waals surface area contributed by atoms with Crippen molar-refractivity contribution in [2.75, 3.05) is 48.8 Å². The number of carbonyl (C=O) groups is 6. The van der Waals surface area contributed by atoms with Gasteiger partial charge in [-0.05, 0) is 78.2 Å². The smallest absolute Gasteiger partial charge is 0.381 e. The lowest BCUT2D eigenvalue weighted by Crippen LogP contribution is -2.54. The molecular formula is C46H41F3N8O7. The molecule has 18 heteroatoms. The maximum atomic E-state index is 13.8. The molecule has 64 heavy (non-hydrogen) atoms. The van der Waals surface area contributed by atoms with Gasteiger partial charge in [0.05, 0.1) is 33.6 Å². The van der Waals surface area contributed by atoms with E-state index in [9.17, 15) is 46.7 Å². The second-order valence-electron chi connectivity index (χ2n) is 15.7. The van der Waals surface area contributed by atoms with E-state index in [0.29, 0.717) is 53.8 Å². The number of piperidine rings is 1. The molecule has 0 spiro atoms. The van der Waals surface area contributed by atoms with Gasteiger partial charge in [-0.25, -0.2) is 0 Å². The van der Waals surface area contributed by atoms with Gasteiger partial charge in [-0.1, -0.05) is 42.5 Å². The first-order valence-corrected chi connectivity index (χ1v) is 20.4. The van der Waals surface area contributed by atoms with Crippen LogP contribution in [0, 0.1) is 0 Å². The van der Waals surface area contributed by atoms with Gasteiger partial charge in [0.1, 0.15) is 6.04 Å². The van der Waals surface area contributed by atoms with E-state index in [2.05, 4.69) is 31.2 Å². The lowest BCUT2D eigenvalue weighted by molar-refractivity contribution is -0.138. The molecule has 3 aliphatic heterocycles. The Balaban J connectivity index is 0.886. The van der Waals surface area contributed by atoms with Gasteiger partial charge in [0.15, 0.2) is 0 Å². The Morgan fingerprint density at radius 1 is 0.750 bits per heavy atom. The minimum absolute atomic E-state index is 0.0339. The van der Waals surface area contributed by atoms with Crippen molar-refractivity contribution in [3.05, 3.63) is 146 Å². The number of likely N-dealkylation sites (N-methyl/N-ethyl adjacent to an activating group) is 1. The van der Waals surface area contributed by atoms with E-state index in [4.69, 9.17) is 0 Å². The zero-order valence-electron chi connectivity index (χ0n) is 34.3. The van der Waals surface area contributed by atoms with Crippen molar-refractivity contribution in [2.45, 2.75) is 38.1 Å². The minimum Gasteiger partial charge on any atom is -0.381 e. The largest absolute Gasteiger partial charge is 0.417 e. The number of halogens is 3. The highest BCUT2D eigenvalue weighted by atomic mass is 19.4. The lowest BCUT2D eigenvalue weighted by atomic mass is 10.0. The summed E-state index contributed by atoms with van der Waals surface area (Å²) in [6.07, 6.45) is -4.07. The molecule has 0 saturated carbocycles. The van der Waals surface area contributed by atoms with Crippen LogP contribution in [0.3, 0.4) is 0 Å². The predicted octanol–water partition coefficient (Wildman–Crippen LogP) is 5.01. The van der Waals surface area contributed by atoms with Crippen LogP contribution in [0.4, 0.5) is 30.2 Å².